The smallest absolute Gasteiger partial charge is 0.356 e. The van der Waals surface area contributed by atoms with Gasteiger partial charge in [0.15, 0.2) is 5.78 Å². The summed E-state index contributed by atoms with van der Waals surface area (Å²) in [6.07, 6.45) is -2.75. The molecular formula is C25H29F4N3O5. The third-order valence-corrected chi connectivity index (χ3v) is 7.55. The number of alkyl halides is 3. The molecule has 3 aliphatic rings. The number of nitrogens with zero attached hydrogens (tertiary/aromatic N) is 1. The summed E-state index contributed by atoms with van der Waals surface area (Å²) < 4.78 is 55.5. The molecule has 8 nitrogen and oxygen atoms in total. The van der Waals surface area contributed by atoms with Gasteiger partial charge in [-0.2, -0.15) is 0 Å². The van der Waals surface area contributed by atoms with Crippen LogP contribution in [0.2, 0.25) is 0 Å². The molecule has 0 radical (unpaired) electrons. The number of hydrogen-bond acceptors (Lipinski definition) is 5. The fraction of sp³-hybridized carbons (Fsp3) is 0.600. The second-order valence-electron chi connectivity index (χ2n) is 9.89. The van der Waals surface area contributed by atoms with Crippen molar-refractivity contribution in [2.75, 3.05) is 19.7 Å². The highest BCUT2D eigenvalue weighted by atomic mass is 19.4. The maximum atomic E-state index is 14.2. The predicted molar refractivity (Wildman–Crippen MR) is 121 cm³/mol. The van der Waals surface area contributed by atoms with Gasteiger partial charge >= 0.3 is 6.36 Å². The average Bonchev–Trinajstić information content (AvgIpc) is 3.54. The van der Waals surface area contributed by atoms with E-state index >= 15 is 0 Å². The number of halogens is 4. The maximum absolute atomic E-state index is 14.2. The highest BCUT2D eigenvalue weighted by Gasteiger charge is 2.50. The van der Waals surface area contributed by atoms with E-state index in [0.717, 1.165) is 12.8 Å². The number of carbonyl (C=O) groups excluding carboxylic acids is 4. The number of rotatable bonds is 9. The minimum absolute atomic E-state index is 0.0589. The number of benzene rings is 1. The lowest BCUT2D eigenvalue weighted by molar-refractivity contribution is -0.321. The van der Waals surface area contributed by atoms with Crippen LogP contribution < -0.4 is 10.6 Å². The predicted octanol–water partition coefficient (Wildman–Crippen LogP) is 2.11. The van der Waals surface area contributed by atoms with E-state index in [2.05, 4.69) is 15.4 Å². The Morgan fingerprint density at radius 1 is 1.16 bits per heavy atom. The summed E-state index contributed by atoms with van der Waals surface area (Å²) in [6, 6.07) is 3.50. The van der Waals surface area contributed by atoms with Gasteiger partial charge in [0.25, 0.3) is 0 Å². The first kappa shape index (κ1) is 27.0. The Kier molecular flexibility index (Phi) is 8.15. The summed E-state index contributed by atoms with van der Waals surface area (Å²) in [7, 11) is 0. The lowest BCUT2D eigenvalue weighted by atomic mass is 9.92. The number of nitrogens with one attached hydrogen (secondary N) is 2. The van der Waals surface area contributed by atoms with Gasteiger partial charge in [-0.05, 0) is 49.1 Å². The maximum Gasteiger partial charge on any atom is 0.522 e. The van der Waals surface area contributed by atoms with Crippen LogP contribution in [0.25, 0.3) is 0 Å². The van der Waals surface area contributed by atoms with Crippen molar-refractivity contribution < 1.29 is 41.5 Å². The van der Waals surface area contributed by atoms with Crippen LogP contribution in [0.3, 0.4) is 0 Å². The van der Waals surface area contributed by atoms with Crippen molar-refractivity contribution in [2.24, 2.45) is 17.8 Å². The van der Waals surface area contributed by atoms with Crippen LogP contribution in [0.4, 0.5) is 17.6 Å². The molecule has 202 valence electrons. The molecule has 1 aromatic rings. The van der Waals surface area contributed by atoms with Crippen molar-refractivity contribution in [2.45, 2.75) is 57.0 Å². The quantitative estimate of drug-likeness (QED) is 0.479. The molecule has 2 N–H and O–H groups in total. The molecule has 1 aliphatic carbocycles. The number of ketones is 1. The van der Waals surface area contributed by atoms with Crippen molar-refractivity contribution in [1.29, 1.82) is 0 Å². The van der Waals surface area contributed by atoms with Crippen molar-refractivity contribution in [3.8, 4) is 0 Å². The first-order valence-corrected chi connectivity index (χ1v) is 12.4. The van der Waals surface area contributed by atoms with Gasteiger partial charge in [0.05, 0.1) is 12.5 Å². The summed E-state index contributed by atoms with van der Waals surface area (Å²) >= 11 is 0. The van der Waals surface area contributed by atoms with Crippen LogP contribution in [-0.4, -0.2) is 66.5 Å². The van der Waals surface area contributed by atoms with Crippen LogP contribution in [0.1, 0.15) is 37.7 Å². The van der Waals surface area contributed by atoms with Crippen molar-refractivity contribution >= 4 is 23.5 Å². The Bertz CT molecular complexity index is 1050. The van der Waals surface area contributed by atoms with Gasteiger partial charge in [0, 0.05) is 19.0 Å². The van der Waals surface area contributed by atoms with E-state index in [1.54, 1.807) is 6.07 Å². The zero-order valence-electron chi connectivity index (χ0n) is 20.1. The normalized spacial score (nSPS) is 26.1. The van der Waals surface area contributed by atoms with Crippen LogP contribution >= 0.6 is 0 Å². The van der Waals surface area contributed by atoms with E-state index in [0.29, 0.717) is 25.9 Å². The lowest BCUT2D eigenvalue weighted by Gasteiger charge is -2.29. The number of fused-ring (bicyclic) bond motifs is 1. The van der Waals surface area contributed by atoms with Gasteiger partial charge in [-0.1, -0.05) is 24.6 Å². The summed E-state index contributed by atoms with van der Waals surface area (Å²) in [5, 5.41) is 5.13. The van der Waals surface area contributed by atoms with Crippen molar-refractivity contribution in [3.63, 3.8) is 0 Å². The molecule has 0 unspecified atom stereocenters. The molecule has 37 heavy (non-hydrogen) atoms. The number of amides is 3. The van der Waals surface area contributed by atoms with Crippen molar-refractivity contribution in [1.82, 2.24) is 15.5 Å². The molecule has 3 fully saturated rings. The highest BCUT2D eigenvalue weighted by molar-refractivity contribution is 5.94. The van der Waals surface area contributed by atoms with Crippen molar-refractivity contribution in [3.05, 3.63) is 35.6 Å². The molecule has 2 saturated heterocycles. The van der Waals surface area contributed by atoms with E-state index < -0.39 is 54.4 Å². The molecular weight excluding hydrogens is 498 g/mol. The second kappa shape index (κ2) is 11.2. The minimum atomic E-state index is -5.03. The average molecular weight is 528 g/mol. The minimum Gasteiger partial charge on any atom is -0.356 e. The van der Waals surface area contributed by atoms with E-state index in [-0.39, 0.29) is 36.1 Å². The SMILES string of the molecule is O=C1NCC[C@H]1C[C@H](NC(=O)[C@@H]1[C@H]2CCC[C@H]2CN1C(=O)Cc1ccccc1F)C(=O)COC(F)(F)F. The zero-order valence-corrected chi connectivity index (χ0v) is 20.1. The number of hydrogen-bond donors (Lipinski definition) is 2. The second-order valence-corrected chi connectivity index (χ2v) is 9.89. The summed E-state index contributed by atoms with van der Waals surface area (Å²) in [6.45, 7) is -0.644. The van der Waals surface area contributed by atoms with E-state index in [9.17, 15) is 36.7 Å². The Hall–Kier alpha value is -3.02. The van der Waals surface area contributed by atoms with E-state index in [4.69, 9.17) is 0 Å². The molecule has 2 heterocycles. The molecule has 1 aromatic carbocycles. The first-order valence-electron chi connectivity index (χ1n) is 12.4. The Balaban J connectivity index is 1.51. The van der Waals surface area contributed by atoms with Gasteiger partial charge < -0.3 is 15.5 Å². The summed E-state index contributed by atoms with van der Waals surface area (Å²) in [5.74, 6) is -3.79. The largest absolute Gasteiger partial charge is 0.522 e. The highest BCUT2D eigenvalue weighted by Crippen LogP contribution is 2.42. The number of likely N-dealkylation sites (tertiary alicyclic amines) is 1. The lowest BCUT2D eigenvalue weighted by Crippen LogP contribution is -2.54. The van der Waals surface area contributed by atoms with Crippen LogP contribution in [-0.2, 0) is 30.3 Å². The molecule has 0 bridgehead atoms. The third kappa shape index (κ3) is 6.46. The standard InChI is InChI=1S/C25H29F4N3O5/c26-18-7-2-1-4-14(18)11-21(34)32-12-16-5-3-6-17(16)22(32)24(36)31-19(10-15-8-9-30-23(15)35)20(33)13-37-25(27,28)29/h1-2,4,7,15-17,19,22H,3,5-6,8-13H2,(H,30,35)(H,31,36)/t15-,16-,17-,19-,22-/m0/s1. The van der Waals surface area contributed by atoms with Gasteiger partial charge in [-0.25, -0.2) is 4.39 Å². The third-order valence-electron chi connectivity index (χ3n) is 7.55. The van der Waals surface area contributed by atoms with Gasteiger partial charge in [0.2, 0.25) is 17.7 Å². The number of carbonyl (C=O) groups is 4. The van der Waals surface area contributed by atoms with E-state index in [1.807, 2.05) is 0 Å². The molecule has 3 amide bonds. The molecule has 0 spiro atoms. The fourth-order valence-electron chi connectivity index (χ4n) is 5.74. The number of Topliss-reactive ketones (excluding diaryl/α,β-unsaturated/α-hetero) is 1. The van der Waals surface area contributed by atoms with Crippen LogP contribution in [0.15, 0.2) is 24.3 Å². The van der Waals surface area contributed by atoms with Crippen LogP contribution in [0.5, 0.6) is 0 Å². The molecule has 1 saturated carbocycles. The Morgan fingerprint density at radius 2 is 1.92 bits per heavy atom. The summed E-state index contributed by atoms with van der Waals surface area (Å²) in [5.41, 5.74) is 0.188. The van der Waals surface area contributed by atoms with Gasteiger partial charge in [0.1, 0.15) is 18.5 Å². The zero-order chi connectivity index (χ0) is 26.7. The fourth-order valence-corrected chi connectivity index (χ4v) is 5.74. The molecule has 5 atom stereocenters. The van der Waals surface area contributed by atoms with Crippen LogP contribution in [0, 0.1) is 23.6 Å². The molecule has 0 aromatic heterocycles. The first-order chi connectivity index (χ1) is 17.5. The summed E-state index contributed by atoms with van der Waals surface area (Å²) in [4.78, 5) is 52.8. The monoisotopic (exact) mass is 527 g/mol. The molecule has 12 heteroatoms. The van der Waals surface area contributed by atoms with Gasteiger partial charge in [-0.15, -0.1) is 13.2 Å². The Morgan fingerprint density at radius 3 is 2.59 bits per heavy atom. The van der Waals surface area contributed by atoms with Gasteiger partial charge in [-0.3, -0.25) is 23.9 Å². The number of ether oxygens (including phenoxy) is 1. The Labute approximate surface area is 211 Å². The topological polar surface area (TPSA) is 105 Å². The molecule has 4 rings (SSSR count). The van der Waals surface area contributed by atoms with E-state index in [1.165, 1.54) is 23.1 Å². The molecule has 2 aliphatic heterocycles.